The van der Waals surface area contributed by atoms with Gasteiger partial charge in [0.05, 0.1) is 10.2 Å². The maximum atomic E-state index is 13.8. The molecule has 0 saturated heterocycles. The standard InChI is InChI=1S/C13H14BrF2N5/c1-6(2)13-19-11(5-12(20-13)21-17)18-10-4-8(15)7(14)3-9(10)16/h3-6H,17H2,1-2H3,(H2,18,19,20,21). The minimum absolute atomic E-state index is 0.0212. The topological polar surface area (TPSA) is 75.9 Å². The zero-order chi connectivity index (χ0) is 15.6. The molecule has 0 saturated carbocycles. The van der Waals surface area contributed by atoms with E-state index in [0.717, 1.165) is 12.1 Å². The molecule has 0 unspecified atom stereocenters. The van der Waals surface area contributed by atoms with E-state index in [4.69, 9.17) is 5.84 Å². The van der Waals surface area contributed by atoms with Gasteiger partial charge in [-0.1, -0.05) is 13.8 Å². The number of aromatic nitrogens is 2. The second kappa shape index (κ2) is 6.31. The molecule has 2 aromatic rings. The number of halogens is 3. The van der Waals surface area contributed by atoms with Crippen molar-refractivity contribution in [3.8, 4) is 0 Å². The molecule has 1 aromatic carbocycles. The largest absolute Gasteiger partial charge is 0.338 e. The lowest BCUT2D eigenvalue weighted by atomic mass is 10.2. The quantitative estimate of drug-likeness (QED) is 0.442. The van der Waals surface area contributed by atoms with Crippen molar-refractivity contribution in [1.29, 1.82) is 0 Å². The van der Waals surface area contributed by atoms with Crippen molar-refractivity contribution in [2.45, 2.75) is 19.8 Å². The van der Waals surface area contributed by atoms with E-state index in [-0.39, 0.29) is 16.1 Å². The van der Waals surface area contributed by atoms with Crippen LogP contribution in [-0.4, -0.2) is 9.97 Å². The SMILES string of the molecule is CC(C)c1nc(NN)cc(Nc2cc(F)c(Br)cc2F)n1. The second-order valence-electron chi connectivity index (χ2n) is 4.67. The van der Waals surface area contributed by atoms with Gasteiger partial charge < -0.3 is 10.7 Å². The smallest absolute Gasteiger partial charge is 0.148 e. The van der Waals surface area contributed by atoms with E-state index in [1.54, 1.807) is 0 Å². The fraction of sp³-hybridized carbons (Fsp3) is 0.231. The Balaban J connectivity index is 2.39. The highest BCUT2D eigenvalue weighted by atomic mass is 79.9. The van der Waals surface area contributed by atoms with Crippen LogP contribution in [0.5, 0.6) is 0 Å². The summed E-state index contributed by atoms with van der Waals surface area (Å²) in [6, 6.07) is 3.60. The van der Waals surface area contributed by atoms with E-state index in [1.165, 1.54) is 6.07 Å². The highest BCUT2D eigenvalue weighted by Crippen LogP contribution is 2.26. The fourth-order valence-electron chi connectivity index (χ4n) is 1.62. The summed E-state index contributed by atoms with van der Waals surface area (Å²) in [7, 11) is 0. The third kappa shape index (κ3) is 3.64. The van der Waals surface area contributed by atoms with Crippen LogP contribution >= 0.6 is 15.9 Å². The van der Waals surface area contributed by atoms with Crippen LogP contribution in [0, 0.1) is 11.6 Å². The maximum Gasteiger partial charge on any atom is 0.148 e. The molecule has 21 heavy (non-hydrogen) atoms. The average Bonchev–Trinajstić information content (AvgIpc) is 2.44. The number of rotatable bonds is 4. The summed E-state index contributed by atoms with van der Waals surface area (Å²) < 4.78 is 27.4. The Morgan fingerprint density at radius 3 is 2.38 bits per heavy atom. The summed E-state index contributed by atoms with van der Waals surface area (Å²) in [5.41, 5.74) is 2.40. The molecule has 4 N–H and O–H groups in total. The van der Waals surface area contributed by atoms with E-state index >= 15 is 0 Å². The van der Waals surface area contributed by atoms with Gasteiger partial charge in [-0.05, 0) is 22.0 Å². The lowest BCUT2D eigenvalue weighted by molar-refractivity contribution is 0.597. The normalized spacial score (nSPS) is 10.8. The molecule has 1 heterocycles. The Morgan fingerprint density at radius 2 is 1.76 bits per heavy atom. The molecule has 0 radical (unpaired) electrons. The Hall–Kier alpha value is -1.80. The Bertz CT molecular complexity index is 663. The van der Waals surface area contributed by atoms with Gasteiger partial charge in [0.25, 0.3) is 0 Å². The van der Waals surface area contributed by atoms with Crippen molar-refractivity contribution in [3.63, 3.8) is 0 Å². The first-order valence-corrected chi connectivity index (χ1v) is 6.97. The lowest BCUT2D eigenvalue weighted by Crippen LogP contribution is -2.12. The number of hydrogen-bond acceptors (Lipinski definition) is 5. The molecule has 0 aliphatic carbocycles. The van der Waals surface area contributed by atoms with Crippen LogP contribution in [0.4, 0.5) is 26.1 Å². The first-order chi connectivity index (χ1) is 9.90. The number of nitrogens with one attached hydrogen (secondary N) is 2. The molecule has 0 amide bonds. The van der Waals surface area contributed by atoms with Gasteiger partial charge in [0.15, 0.2) is 0 Å². The lowest BCUT2D eigenvalue weighted by Gasteiger charge is -2.12. The Morgan fingerprint density at radius 1 is 1.10 bits per heavy atom. The molecular formula is C13H14BrF2N5. The molecular weight excluding hydrogens is 344 g/mol. The van der Waals surface area contributed by atoms with E-state index in [1.807, 2.05) is 13.8 Å². The van der Waals surface area contributed by atoms with Crippen LogP contribution in [0.25, 0.3) is 0 Å². The van der Waals surface area contributed by atoms with Gasteiger partial charge >= 0.3 is 0 Å². The van der Waals surface area contributed by atoms with Crippen molar-refractivity contribution < 1.29 is 8.78 Å². The van der Waals surface area contributed by atoms with Crippen molar-refractivity contribution in [2.24, 2.45) is 5.84 Å². The van der Waals surface area contributed by atoms with Gasteiger partial charge in [0.1, 0.15) is 29.1 Å². The van der Waals surface area contributed by atoms with Crippen molar-refractivity contribution in [3.05, 3.63) is 40.1 Å². The van der Waals surface area contributed by atoms with E-state index < -0.39 is 11.6 Å². The highest BCUT2D eigenvalue weighted by molar-refractivity contribution is 9.10. The molecule has 0 atom stereocenters. The van der Waals surface area contributed by atoms with Crippen molar-refractivity contribution >= 4 is 33.3 Å². The number of hydrazine groups is 1. The number of nitrogens with zero attached hydrogens (tertiary/aromatic N) is 2. The predicted octanol–water partition coefficient (Wildman–Crippen LogP) is 3.67. The van der Waals surface area contributed by atoms with Crippen molar-refractivity contribution in [2.75, 3.05) is 10.7 Å². The predicted molar refractivity (Wildman–Crippen MR) is 81.3 cm³/mol. The van der Waals surface area contributed by atoms with E-state index in [0.29, 0.717) is 17.5 Å². The zero-order valence-corrected chi connectivity index (χ0v) is 13.0. The summed E-state index contributed by atoms with van der Waals surface area (Å²) in [6.07, 6.45) is 0. The fourth-order valence-corrected chi connectivity index (χ4v) is 1.93. The number of hydrogen-bond donors (Lipinski definition) is 3. The molecule has 1 aromatic heterocycles. The van der Waals surface area contributed by atoms with E-state index in [2.05, 4.69) is 36.6 Å². The van der Waals surface area contributed by atoms with E-state index in [9.17, 15) is 8.78 Å². The van der Waals surface area contributed by atoms with Gasteiger partial charge in [-0.3, -0.25) is 0 Å². The molecule has 0 aliphatic rings. The minimum atomic E-state index is -0.602. The molecule has 0 bridgehead atoms. The molecule has 8 heteroatoms. The molecule has 0 fully saturated rings. The minimum Gasteiger partial charge on any atom is -0.338 e. The zero-order valence-electron chi connectivity index (χ0n) is 11.4. The number of nitrogens with two attached hydrogens (primary N) is 1. The van der Waals surface area contributed by atoms with Gasteiger partial charge in [0.2, 0.25) is 0 Å². The molecule has 0 aliphatic heterocycles. The summed E-state index contributed by atoms with van der Waals surface area (Å²) >= 11 is 2.92. The number of benzene rings is 1. The van der Waals surface area contributed by atoms with Crippen LogP contribution < -0.4 is 16.6 Å². The summed E-state index contributed by atoms with van der Waals surface area (Å²) in [6.45, 7) is 3.83. The maximum absolute atomic E-state index is 13.8. The molecule has 0 spiro atoms. The van der Waals surface area contributed by atoms with Gasteiger partial charge in [-0.2, -0.15) is 0 Å². The van der Waals surface area contributed by atoms with Crippen LogP contribution in [0.3, 0.4) is 0 Å². The van der Waals surface area contributed by atoms with Gasteiger partial charge in [-0.25, -0.2) is 24.6 Å². The van der Waals surface area contributed by atoms with Crippen LogP contribution in [0.15, 0.2) is 22.7 Å². The first-order valence-electron chi connectivity index (χ1n) is 6.18. The summed E-state index contributed by atoms with van der Waals surface area (Å²) in [5, 5.41) is 2.73. The van der Waals surface area contributed by atoms with Gasteiger partial charge in [-0.15, -0.1) is 0 Å². The van der Waals surface area contributed by atoms with Crippen LogP contribution in [0.2, 0.25) is 0 Å². The molecule has 5 nitrogen and oxygen atoms in total. The monoisotopic (exact) mass is 357 g/mol. The van der Waals surface area contributed by atoms with Gasteiger partial charge in [0, 0.05) is 18.1 Å². The molecule has 2 rings (SSSR count). The third-order valence-electron chi connectivity index (χ3n) is 2.68. The van der Waals surface area contributed by atoms with Crippen molar-refractivity contribution in [1.82, 2.24) is 9.97 Å². The highest BCUT2D eigenvalue weighted by Gasteiger charge is 2.12. The second-order valence-corrected chi connectivity index (χ2v) is 5.52. The molecule has 112 valence electrons. The first kappa shape index (κ1) is 15.6. The average molecular weight is 358 g/mol. The van der Waals surface area contributed by atoms with Crippen LogP contribution in [-0.2, 0) is 0 Å². The number of anilines is 3. The summed E-state index contributed by atoms with van der Waals surface area (Å²) in [5.74, 6) is 5.47. The number of nitrogen functional groups attached to an aromatic ring is 1. The Labute approximate surface area is 129 Å². The Kier molecular flexibility index (Phi) is 4.69. The van der Waals surface area contributed by atoms with Crippen LogP contribution in [0.1, 0.15) is 25.6 Å². The third-order valence-corrected chi connectivity index (χ3v) is 3.29. The summed E-state index contributed by atoms with van der Waals surface area (Å²) in [4.78, 5) is 8.44.